The number of aryl methyl sites for hydroxylation is 1. The van der Waals surface area contributed by atoms with Crippen molar-refractivity contribution >= 4 is 31.9 Å². The number of hydrogen-bond acceptors (Lipinski definition) is 0. The summed E-state index contributed by atoms with van der Waals surface area (Å²) in [4.78, 5) is 0. The molecule has 94 valence electrons. The normalized spacial score (nSPS) is 10.6. The molecule has 0 fully saturated rings. The Kier molecular flexibility index (Phi) is 5.02. The second-order valence-corrected chi connectivity index (χ2v) is 5.61. The summed E-state index contributed by atoms with van der Waals surface area (Å²) in [7, 11) is 0. The van der Waals surface area contributed by atoms with Crippen molar-refractivity contribution in [1.82, 2.24) is 0 Å². The van der Waals surface area contributed by atoms with Crippen molar-refractivity contribution in [3.8, 4) is 0 Å². The van der Waals surface area contributed by atoms with Crippen LogP contribution >= 0.6 is 31.9 Å². The number of hydrogen-bond donors (Lipinski definition) is 0. The third-order valence-corrected chi connectivity index (χ3v) is 4.36. The Hall–Kier alpha value is -0.600. The summed E-state index contributed by atoms with van der Waals surface area (Å²) in [5.41, 5.74) is 6.89. The van der Waals surface area contributed by atoms with E-state index >= 15 is 0 Å². The molecule has 0 saturated carbocycles. The molecule has 2 aromatic carbocycles. The smallest absolute Gasteiger partial charge is 0.0286 e. The van der Waals surface area contributed by atoms with Crippen LogP contribution in [-0.4, -0.2) is 0 Å². The summed E-state index contributed by atoms with van der Waals surface area (Å²) < 4.78 is 0. The van der Waals surface area contributed by atoms with Gasteiger partial charge >= 0.3 is 0 Å². The van der Waals surface area contributed by atoms with Crippen LogP contribution in [0.15, 0.2) is 42.5 Å². The Morgan fingerprint density at radius 2 is 1.39 bits per heavy atom. The molecule has 0 nitrogen and oxygen atoms in total. The van der Waals surface area contributed by atoms with Crippen molar-refractivity contribution in [2.24, 2.45) is 0 Å². The van der Waals surface area contributed by atoms with Crippen LogP contribution in [0.1, 0.15) is 27.8 Å². The van der Waals surface area contributed by atoms with E-state index in [1.165, 1.54) is 27.8 Å². The van der Waals surface area contributed by atoms with E-state index in [9.17, 15) is 0 Å². The van der Waals surface area contributed by atoms with Crippen LogP contribution in [0, 0.1) is 6.92 Å². The predicted molar refractivity (Wildman–Crippen MR) is 85.7 cm³/mol. The van der Waals surface area contributed by atoms with Crippen LogP contribution < -0.4 is 0 Å². The highest BCUT2D eigenvalue weighted by Gasteiger charge is 2.06. The second-order valence-electron chi connectivity index (χ2n) is 4.48. The Morgan fingerprint density at radius 1 is 0.778 bits per heavy atom. The summed E-state index contributed by atoms with van der Waals surface area (Å²) in [5, 5.41) is 1.83. The zero-order valence-electron chi connectivity index (χ0n) is 10.4. The lowest BCUT2D eigenvalue weighted by Crippen LogP contribution is -1.97. The van der Waals surface area contributed by atoms with E-state index in [1.54, 1.807) is 0 Å². The molecule has 0 amide bonds. The highest BCUT2D eigenvalue weighted by atomic mass is 79.9. The molecular formula is C16H16Br2. The fourth-order valence-electron chi connectivity index (χ4n) is 2.12. The van der Waals surface area contributed by atoms with Gasteiger partial charge in [-0.25, -0.2) is 0 Å². The molecule has 0 N–H and O–H groups in total. The SMILES string of the molecule is Cc1ccc(Cc2ccccc2CBr)c(CBr)c1. The molecule has 2 aromatic rings. The van der Waals surface area contributed by atoms with E-state index in [0.717, 1.165) is 17.1 Å². The first kappa shape index (κ1) is 13.8. The Bertz CT molecular complexity index is 532. The molecule has 2 rings (SSSR count). The van der Waals surface area contributed by atoms with Crippen LogP contribution in [0.2, 0.25) is 0 Å². The quantitative estimate of drug-likeness (QED) is 0.636. The first-order chi connectivity index (χ1) is 8.74. The van der Waals surface area contributed by atoms with Crippen molar-refractivity contribution in [3.05, 3.63) is 70.3 Å². The highest BCUT2D eigenvalue weighted by molar-refractivity contribution is 9.08. The van der Waals surface area contributed by atoms with Gasteiger partial charge in [-0.1, -0.05) is 79.9 Å². The average Bonchev–Trinajstić information content (AvgIpc) is 2.41. The van der Waals surface area contributed by atoms with Gasteiger partial charge in [-0.15, -0.1) is 0 Å². The standard InChI is InChI=1S/C16H16Br2/c1-12-6-7-14(16(8-12)11-18)9-13-4-2-3-5-15(13)10-17/h2-8H,9-11H2,1H3. The van der Waals surface area contributed by atoms with Gasteiger partial charge in [0.25, 0.3) is 0 Å². The molecule has 0 atom stereocenters. The Balaban J connectivity index is 2.33. The molecule has 0 aliphatic heterocycles. The van der Waals surface area contributed by atoms with E-state index < -0.39 is 0 Å². The number of halogens is 2. The monoisotopic (exact) mass is 366 g/mol. The van der Waals surface area contributed by atoms with Gasteiger partial charge in [0.05, 0.1) is 0 Å². The summed E-state index contributed by atoms with van der Waals surface area (Å²) in [6.07, 6.45) is 1.00. The lowest BCUT2D eigenvalue weighted by molar-refractivity contribution is 1.11. The number of rotatable bonds is 4. The lowest BCUT2D eigenvalue weighted by Gasteiger charge is -2.11. The van der Waals surface area contributed by atoms with Gasteiger partial charge in [-0.05, 0) is 35.6 Å². The van der Waals surface area contributed by atoms with Crippen LogP contribution in [0.25, 0.3) is 0 Å². The molecule has 0 aliphatic carbocycles. The molecule has 0 saturated heterocycles. The van der Waals surface area contributed by atoms with E-state index in [2.05, 4.69) is 81.2 Å². The molecule has 0 bridgehead atoms. The van der Waals surface area contributed by atoms with Gasteiger partial charge in [0.15, 0.2) is 0 Å². The highest BCUT2D eigenvalue weighted by Crippen LogP contribution is 2.21. The van der Waals surface area contributed by atoms with E-state index in [0.29, 0.717) is 0 Å². The van der Waals surface area contributed by atoms with E-state index in [1.807, 2.05) is 0 Å². The Morgan fingerprint density at radius 3 is 2.06 bits per heavy atom. The molecule has 0 aliphatic rings. The van der Waals surface area contributed by atoms with Gasteiger partial charge in [0, 0.05) is 10.7 Å². The molecule has 0 unspecified atom stereocenters. The van der Waals surface area contributed by atoms with E-state index in [4.69, 9.17) is 0 Å². The summed E-state index contributed by atoms with van der Waals surface area (Å²) in [6, 6.07) is 15.3. The summed E-state index contributed by atoms with van der Waals surface area (Å²) >= 11 is 7.14. The van der Waals surface area contributed by atoms with Crippen molar-refractivity contribution in [3.63, 3.8) is 0 Å². The van der Waals surface area contributed by atoms with Crippen molar-refractivity contribution in [2.45, 2.75) is 24.0 Å². The number of alkyl halides is 2. The zero-order chi connectivity index (χ0) is 13.0. The molecular weight excluding hydrogens is 352 g/mol. The predicted octanol–water partition coefficient (Wildman–Crippen LogP) is 5.38. The maximum Gasteiger partial charge on any atom is 0.0286 e. The Labute approximate surface area is 126 Å². The zero-order valence-corrected chi connectivity index (χ0v) is 13.6. The molecule has 2 heteroatoms. The fourth-order valence-corrected chi connectivity index (χ4v) is 3.19. The van der Waals surface area contributed by atoms with Gasteiger partial charge in [0.1, 0.15) is 0 Å². The van der Waals surface area contributed by atoms with Gasteiger partial charge in [-0.3, -0.25) is 0 Å². The van der Waals surface area contributed by atoms with Crippen molar-refractivity contribution in [1.29, 1.82) is 0 Å². The third kappa shape index (κ3) is 3.24. The maximum absolute atomic E-state index is 3.58. The molecule has 0 heterocycles. The summed E-state index contributed by atoms with van der Waals surface area (Å²) in [6.45, 7) is 2.14. The molecule has 18 heavy (non-hydrogen) atoms. The van der Waals surface area contributed by atoms with E-state index in [-0.39, 0.29) is 0 Å². The summed E-state index contributed by atoms with van der Waals surface area (Å²) in [5.74, 6) is 0. The molecule has 0 spiro atoms. The van der Waals surface area contributed by atoms with Crippen molar-refractivity contribution < 1.29 is 0 Å². The van der Waals surface area contributed by atoms with Gasteiger partial charge < -0.3 is 0 Å². The van der Waals surface area contributed by atoms with Crippen LogP contribution in [0.4, 0.5) is 0 Å². The van der Waals surface area contributed by atoms with Crippen LogP contribution in [0.5, 0.6) is 0 Å². The topological polar surface area (TPSA) is 0 Å². The van der Waals surface area contributed by atoms with Crippen LogP contribution in [-0.2, 0) is 17.1 Å². The molecule has 0 radical (unpaired) electrons. The fraction of sp³-hybridized carbons (Fsp3) is 0.250. The molecule has 0 aromatic heterocycles. The van der Waals surface area contributed by atoms with Crippen LogP contribution in [0.3, 0.4) is 0 Å². The lowest BCUT2D eigenvalue weighted by atomic mass is 9.96. The minimum atomic E-state index is 0.915. The second kappa shape index (κ2) is 6.53. The average molecular weight is 368 g/mol. The van der Waals surface area contributed by atoms with Crippen molar-refractivity contribution in [2.75, 3.05) is 0 Å². The minimum absolute atomic E-state index is 0.915. The number of benzene rings is 2. The largest absolute Gasteiger partial charge is 0.0876 e. The third-order valence-electron chi connectivity index (χ3n) is 3.15. The first-order valence-electron chi connectivity index (χ1n) is 6.01. The first-order valence-corrected chi connectivity index (χ1v) is 8.26. The minimum Gasteiger partial charge on any atom is -0.0876 e. The van der Waals surface area contributed by atoms with Gasteiger partial charge in [-0.2, -0.15) is 0 Å². The van der Waals surface area contributed by atoms with Gasteiger partial charge in [0.2, 0.25) is 0 Å². The maximum atomic E-state index is 3.58.